The van der Waals surface area contributed by atoms with Crippen LogP contribution in [0.1, 0.15) is 27.2 Å². The van der Waals surface area contributed by atoms with Crippen molar-refractivity contribution in [3.8, 4) is 0 Å². The molecule has 1 aromatic rings. The van der Waals surface area contributed by atoms with Gasteiger partial charge in [-0.25, -0.2) is 0 Å². The lowest BCUT2D eigenvalue weighted by Crippen LogP contribution is -2.42. The second kappa shape index (κ2) is 5.12. The van der Waals surface area contributed by atoms with E-state index in [1.165, 1.54) is 0 Å². The van der Waals surface area contributed by atoms with Crippen molar-refractivity contribution in [3.63, 3.8) is 0 Å². The van der Waals surface area contributed by atoms with Gasteiger partial charge in [-0.15, -0.1) is 0 Å². The van der Waals surface area contributed by atoms with Crippen LogP contribution in [0.2, 0.25) is 0 Å². The Morgan fingerprint density at radius 2 is 2.31 bits per heavy atom. The molecule has 0 radical (unpaired) electrons. The minimum atomic E-state index is -0.463. The van der Waals surface area contributed by atoms with E-state index < -0.39 is 5.54 Å². The minimum Gasteiger partial charge on any atom is -0.352 e. The van der Waals surface area contributed by atoms with E-state index in [0.29, 0.717) is 13.0 Å². The predicted molar refractivity (Wildman–Crippen MR) is 62.7 cm³/mol. The zero-order valence-corrected chi connectivity index (χ0v) is 10.1. The quantitative estimate of drug-likeness (QED) is 0.765. The fourth-order valence-corrected chi connectivity index (χ4v) is 1.47. The van der Waals surface area contributed by atoms with Gasteiger partial charge in [0.25, 0.3) is 0 Å². The molecule has 0 aromatic carbocycles. The molecule has 0 saturated carbocycles. The summed E-state index contributed by atoms with van der Waals surface area (Å²) in [4.78, 5) is 11.6. The third-order valence-electron chi connectivity index (χ3n) is 2.04. The zero-order valence-electron chi connectivity index (χ0n) is 10.1. The Labute approximate surface area is 96.0 Å². The lowest BCUT2D eigenvalue weighted by atomic mass is 10.0. The summed E-state index contributed by atoms with van der Waals surface area (Å²) in [6.45, 7) is 6.29. The summed E-state index contributed by atoms with van der Waals surface area (Å²) in [6, 6.07) is 1.91. The van der Waals surface area contributed by atoms with Gasteiger partial charge in [0, 0.05) is 30.4 Å². The molecule has 0 aliphatic heterocycles. The summed E-state index contributed by atoms with van der Waals surface area (Å²) in [7, 11) is 0. The number of hydrogen-bond acceptors (Lipinski definition) is 3. The number of rotatable bonds is 5. The van der Waals surface area contributed by atoms with E-state index >= 15 is 0 Å². The molecule has 16 heavy (non-hydrogen) atoms. The first-order chi connectivity index (χ1) is 7.37. The molecule has 0 fully saturated rings. The van der Waals surface area contributed by atoms with Gasteiger partial charge in [-0.3, -0.25) is 9.48 Å². The van der Waals surface area contributed by atoms with Gasteiger partial charge in [0.15, 0.2) is 0 Å². The van der Waals surface area contributed by atoms with Crippen LogP contribution in [0.15, 0.2) is 18.5 Å². The summed E-state index contributed by atoms with van der Waals surface area (Å²) in [5, 5.41) is 6.97. The maximum Gasteiger partial charge on any atom is 0.222 e. The third-order valence-corrected chi connectivity index (χ3v) is 2.04. The van der Waals surface area contributed by atoms with Gasteiger partial charge in [0.2, 0.25) is 5.91 Å². The van der Waals surface area contributed by atoms with Crippen molar-refractivity contribution in [1.29, 1.82) is 0 Å². The summed E-state index contributed by atoms with van der Waals surface area (Å²) in [5.41, 5.74) is 5.31. The molecule has 3 N–H and O–H groups in total. The molecule has 0 aliphatic rings. The summed E-state index contributed by atoms with van der Waals surface area (Å²) < 4.78 is 1.79. The number of hydrogen-bond donors (Lipinski definition) is 2. The Balaban J connectivity index is 2.34. The molecule has 5 nitrogen and oxygen atoms in total. The maximum absolute atomic E-state index is 11.6. The number of nitrogens with two attached hydrogens (primary N) is 1. The molecule has 90 valence electrons. The molecular weight excluding hydrogens is 204 g/mol. The summed E-state index contributed by atoms with van der Waals surface area (Å²) in [6.07, 6.45) is 3.92. The lowest BCUT2D eigenvalue weighted by molar-refractivity contribution is -0.122. The van der Waals surface area contributed by atoms with Gasteiger partial charge in [-0.2, -0.15) is 5.10 Å². The van der Waals surface area contributed by atoms with Crippen molar-refractivity contribution in [3.05, 3.63) is 18.5 Å². The van der Waals surface area contributed by atoms with Gasteiger partial charge in [-0.1, -0.05) is 0 Å². The van der Waals surface area contributed by atoms with E-state index in [9.17, 15) is 4.79 Å². The van der Waals surface area contributed by atoms with E-state index in [2.05, 4.69) is 10.4 Å². The zero-order chi connectivity index (χ0) is 12.2. The molecule has 1 rings (SSSR count). The number of carbonyl (C=O) groups excluding carboxylic acids is 1. The van der Waals surface area contributed by atoms with Crippen molar-refractivity contribution in [2.75, 3.05) is 0 Å². The van der Waals surface area contributed by atoms with Crippen LogP contribution in [0.4, 0.5) is 0 Å². The fraction of sp³-hybridized carbons (Fsp3) is 0.636. The van der Waals surface area contributed by atoms with Gasteiger partial charge in [0.05, 0.1) is 6.54 Å². The van der Waals surface area contributed by atoms with Crippen LogP contribution in [0.3, 0.4) is 0 Å². The first-order valence-electron chi connectivity index (χ1n) is 5.42. The highest BCUT2D eigenvalue weighted by Crippen LogP contribution is 2.03. The van der Waals surface area contributed by atoms with Crippen molar-refractivity contribution in [2.45, 2.75) is 45.3 Å². The number of aromatic nitrogens is 2. The highest BCUT2D eigenvalue weighted by molar-refractivity contribution is 5.77. The average molecular weight is 224 g/mol. The molecule has 1 amide bonds. The minimum absolute atomic E-state index is 0.0212. The highest BCUT2D eigenvalue weighted by atomic mass is 16.1. The standard InChI is InChI=1S/C11H20N4O/c1-9(8-15-6-4-5-13-15)14-10(16)7-11(2,3)12/h4-6,9H,7-8,12H2,1-3H3,(H,14,16). The van der Waals surface area contributed by atoms with Crippen LogP contribution in [-0.2, 0) is 11.3 Å². The Morgan fingerprint density at radius 3 is 2.81 bits per heavy atom. The summed E-state index contributed by atoms with van der Waals surface area (Å²) >= 11 is 0. The molecule has 1 atom stereocenters. The Hall–Kier alpha value is -1.36. The first-order valence-corrected chi connectivity index (χ1v) is 5.42. The normalized spacial score (nSPS) is 13.5. The molecule has 1 heterocycles. The van der Waals surface area contributed by atoms with Crippen LogP contribution in [-0.4, -0.2) is 27.3 Å². The topological polar surface area (TPSA) is 72.9 Å². The average Bonchev–Trinajstić information content (AvgIpc) is 2.51. The van der Waals surface area contributed by atoms with E-state index in [-0.39, 0.29) is 11.9 Å². The number of amides is 1. The van der Waals surface area contributed by atoms with E-state index in [1.54, 1.807) is 10.9 Å². The van der Waals surface area contributed by atoms with Gasteiger partial charge >= 0.3 is 0 Å². The highest BCUT2D eigenvalue weighted by Gasteiger charge is 2.17. The van der Waals surface area contributed by atoms with Crippen LogP contribution in [0.25, 0.3) is 0 Å². The Bertz CT molecular complexity index is 326. The number of carbonyl (C=O) groups is 1. The molecule has 5 heteroatoms. The van der Waals surface area contributed by atoms with E-state index in [1.807, 2.05) is 33.0 Å². The Kier molecular flexibility index (Phi) is 4.06. The molecule has 0 bridgehead atoms. The van der Waals surface area contributed by atoms with Crippen LogP contribution < -0.4 is 11.1 Å². The second-order valence-electron chi connectivity index (χ2n) is 4.86. The predicted octanol–water partition coefficient (Wildman–Crippen LogP) is 0.515. The number of nitrogens with zero attached hydrogens (tertiary/aromatic N) is 2. The maximum atomic E-state index is 11.6. The molecular formula is C11H20N4O. The lowest BCUT2D eigenvalue weighted by Gasteiger charge is -2.20. The van der Waals surface area contributed by atoms with Gasteiger partial charge in [0.1, 0.15) is 0 Å². The second-order valence-corrected chi connectivity index (χ2v) is 4.86. The van der Waals surface area contributed by atoms with Crippen LogP contribution in [0.5, 0.6) is 0 Å². The monoisotopic (exact) mass is 224 g/mol. The molecule has 1 unspecified atom stereocenters. The molecule has 0 aliphatic carbocycles. The van der Waals surface area contributed by atoms with Gasteiger partial charge in [-0.05, 0) is 26.8 Å². The molecule has 0 saturated heterocycles. The Morgan fingerprint density at radius 1 is 1.62 bits per heavy atom. The largest absolute Gasteiger partial charge is 0.352 e. The third kappa shape index (κ3) is 4.93. The van der Waals surface area contributed by atoms with Crippen molar-refractivity contribution < 1.29 is 4.79 Å². The van der Waals surface area contributed by atoms with Crippen LogP contribution >= 0.6 is 0 Å². The summed E-state index contributed by atoms with van der Waals surface area (Å²) in [5.74, 6) is -0.0212. The molecule has 1 aromatic heterocycles. The fourth-order valence-electron chi connectivity index (χ4n) is 1.47. The van der Waals surface area contributed by atoms with Gasteiger partial charge < -0.3 is 11.1 Å². The first kappa shape index (κ1) is 12.7. The van der Waals surface area contributed by atoms with Crippen LogP contribution in [0, 0.1) is 0 Å². The number of nitrogens with one attached hydrogen (secondary N) is 1. The van der Waals surface area contributed by atoms with Crippen molar-refractivity contribution in [2.24, 2.45) is 5.73 Å². The van der Waals surface area contributed by atoms with Crippen molar-refractivity contribution in [1.82, 2.24) is 15.1 Å². The molecule has 0 spiro atoms. The smallest absolute Gasteiger partial charge is 0.222 e. The van der Waals surface area contributed by atoms with E-state index in [4.69, 9.17) is 5.73 Å². The SMILES string of the molecule is CC(Cn1cccn1)NC(=O)CC(C)(C)N. The van der Waals surface area contributed by atoms with E-state index in [0.717, 1.165) is 0 Å². The van der Waals surface area contributed by atoms with Crippen molar-refractivity contribution >= 4 is 5.91 Å².